The van der Waals surface area contributed by atoms with E-state index in [9.17, 15) is 10.0 Å². The van der Waals surface area contributed by atoms with Gasteiger partial charge in [-0.3, -0.25) is 14.9 Å². The van der Waals surface area contributed by atoms with Gasteiger partial charge in [0.2, 0.25) is 0 Å². The third-order valence-electron chi connectivity index (χ3n) is 5.99. The number of piperazine rings is 1. The molecule has 0 spiro atoms. The average molecular weight is 430 g/mol. The Hall–Kier alpha value is -2.12. The minimum absolute atomic E-state index is 0.0547. The molecule has 2 aromatic rings. The van der Waals surface area contributed by atoms with Crippen LogP contribution in [-0.4, -0.2) is 67.5 Å². The molecule has 0 radical (unpaired) electrons. The first-order valence-corrected chi connectivity index (χ1v) is 10.8. The normalized spacial score (nSPS) is 19.4. The molecule has 6 nitrogen and oxygen atoms in total. The van der Waals surface area contributed by atoms with E-state index in [4.69, 9.17) is 16.3 Å². The molecule has 0 aliphatic carbocycles. The third-order valence-corrected chi connectivity index (χ3v) is 6.24. The minimum Gasteiger partial charge on any atom is -0.373 e. The number of carbonyl (C=O) groups excluding carboxylic acids is 1. The Morgan fingerprint density at radius 1 is 1.17 bits per heavy atom. The summed E-state index contributed by atoms with van der Waals surface area (Å²) in [4.78, 5) is 16.9. The van der Waals surface area contributed by atoms with Crippen molar-refractivity contribution in [2.24, 2.45) is 0 Å². The first kappa shape index (κ1) is 21.1. The smallest absolute Gasteiger partial charge is 0.276 e. The van der Waals surface area contributed by atoms with Gasteiger partial charge < -0.3 is 9.64 Å². The number of fused-ring (bicyclic) bond motifs is 1. The lowest BCUT2D eigenvalue weighted by atomic mass is 9.93. The van der Waals surface area contributed by atoms with Crippen LogP contribution >= 0.6 is 11.6 Å². The maximum absolute atomic E-state index is 12.0. The predicted octanol–water partition coefficient (Wildman–Crippen LogP) is 3.63. The monoisotopic (exact) mass is 429 g/mol. The van der Waals surface area contributed by atoms with Crippen LogP contribution in [0.5, 0.6) is 0 Å². The summed E-state index contributed by atoms with van der Waals surface area (Å²) in [7, 11) is 1.35. The van der Waals surface area contributed by atoms with Crippen LogP contribution in [-0.2, 0) is 11.2 Å². The molecule has 7 heteroatoms. The molecule has 1 saturated heterocycles. The zero-order valence-corrected chi connectivity index (χ0v) is 18.0. The zero-order chi connectivity index (χ0) is 21.1. The van der Waals surface area contributed by atoms with Crippen LogP contribution in [0.25, 0.3) is 0 Å². The van der Waals surface area contributed by atoms with Gasteiger partial charge >= 0.3 is 0 Å². The van der Waals surface area contributed by atoms with E-state index in [1.54, 1.807) is 6.07 Å². The van der Waals surface area contributed by atoms with Crippen LogP contribution in [0.15, 0.2) is 42.5 Å². The molecule has 1 fully saturated rings. The highest BCUT2D eigenvalue weighted by Gasteiger charge is 2.24. The Morgan fingerprint density at radius 3 is 2.60 bits per heavy atom. The number of rotatable bonds is 5. The van der Waals surface area contributed by atoms with E-state index in [2.05, 4.69) is 21.9 Å². The number of hydroxylamine groups is 2. The van der Waals surface area contributed by atoms with Crippen molar-refractivity contribution in [3.05, 3.63) is 64.2 Å². The summed E-state index contributed by atoms with van der Waals surface area (Å²) in [5.74, 6) is -0.389. The van der Waals surface area contributed by atoms with Gasteiger partial charge in [-0.1, -0.05) is 17.7 Å². The Bertz CT molecular complexity index is 880. The van der Waals surface area contributed by atoms with Crippen LogP contribution < -0.4 is 4.90 Å². The third kappa shape index (κ3) is 4.78. The van der Waals surface area contributed by atoms with E-state index < -0.39 is 0 Å². The van der Waals surface area contributed by atoms with Crippen molar-refractivity contribution in [1.82, 2.24) is 9.96 Å². The van der Waals surface area contributed by atoms with E-state index in [0.29, 0.717) is 17.2 Å². The number of anilines is 1. The van der Waals surface area contributed by atoms with Crippen molar-refractivity contribution in [2.75, 3.05) is 51.3 Å². The summed E-state index contributed by atoms with van der Waals surface area (Å²) < 4.78 is 6.05. The second kappa shape index (κ2) is 9.35. The Labute approximate surface area is 182 Å². The van der Waals surface area contributed by atoms with Gasteiger partial charge in [-0.05, 0) is 60.4 Å². The second-order valence-corrected chi connectivity index (χ2v) is 8.38. The SMILES string of the molecule is CN(O)C(=O)c1ccc2c(c1)CCO[C@H]2CCN1CCN(c2ccc(Cl)cc2)CC1. The standard InChI is InChI=1S/C23H28ClN3O3/c1-25(29)23(28)18-2-7-21-17(16-18)9-15-30-22(21)8-10-26-11-13-27(14-12-26)20-5-3-19(24)4-6-20/h2-7,16,22,29H,8-15H2,1H3/t22-/m0/s1. The van der Waals surface area contributed by atoms with Gasteiger partial charge in [0.15, 0.2) is 0 Å². The van der Waals surface area contributed by atoms with E-state index in [1.807, 2.05) is 24.3 Å². The summed E-state index contributed by atoms with van der Waals surface area (Å²) >= 11 is 5.99. The van der Waals surface area contributed by atoms with Gasteiger partial charge in [-0.25, -0.2) is 5.06 Å². The molecule has 30 heavy (non-hydrogen) atoms. The summed E-state index contributed by atoms with van der Waals surface area (Å²) in [6.07, 6.45) is 1.78. The van der Waals surface area contributed by atoms with Crippen LogP contribution in [0.1, 0.15) is 34.0 Å². The van der Waals surface area contributed by atoms with Crippen LogP contribution in [0, 0.1) is 0 Å². The quantitative estimate of drug-likeness (QED) is 0.581. The van der Waals surface area contributed by atoms with Crippen LogP contribution in [0.3, 0.4) is 0 Å². The number of carbonyl (C=O) groups is 1. The predicted molar refractivity (Wildman–Crippen MR) is 117 cm³/mol. The summed E-state index contributed by atoms with van der Waals surface area (Å²) in [6, 6.07) is 13.7. The highest BCUT2D eigenvalue weighted by atomic mass is 35.5. The molecule has 4 rings (SSSR count). The maximum Gasteiger partial charge on any atom is 0.276 e. The van der Waals surface area contributed by atoms with Gasteiger partial charge in [0.05, 0.1) is 12.7 Å². The number of benzene rings is 2. The summed E-state index contributed by atoms with van der Waals surface area (Å²) in [5.41, 5.74) is 4.05. The van der Waals surface area contributed by atoms with Gasteiger partial charge in [-0.15, -0.1) is 0 Å². The van der Waals surface area contributed by atoms with E-state index >= 15 is 0 Å². The fourth-order valence-corrected chi connectivity index (χ4v) is 4.40. The van der Waals surface area contributed by atoms with Gasteiger partial charge in [0.1, 0.15) is 0 Å². The molecule has 0 saturated carbocycles. The molecule has 0 bridgehead atoms. The van der Waals surface area contributed by atoms with Crippen molar-refractivity contribution < 1.29 is 14.7 Å². The summed E-state index contributed by atoms with van der Waals surface area (Å²) in [5, 5.41) is 10.8. The van der Waals surface area contributed by atoms with Crippen molar-refractivity contribution in [2.45, 2.75) is 18.9 Å². The van der Waals surface area contributed by atoms with Gasteiger partial charge in [0.25, 0.3) is 5.91 Å². The number of ether oxygens (including phenoxy) is 1. The Kier molecular flexibility index (Phi) is 6.58. The zero-order valence-electron chi connectivity index (χ0n) is 17.3. The highest BCUT2D eigenvalue weighted by Crippen LogP contribution is 2.31. The topological polar surface area (TPSA) is 56.2 Å². The number of halogens is 1. The Balaban J connectivity index is 1.32. The molecule has 2 heterocycles. The van der Waals surface area contributed by atoms with Crippen LogP contribution in [0.4, 0.5) is 5.69 Å². The van der Waals surface area contributed by atoms with Crippen molar-refractivity contribution >= 4 is 23.2 Å². The lowest BCUT2D eigenvalue weighted by Gasteiger charge is -2.37. The van der Waals surface area contributed by atoms with Crippen molar-refractivity contribution in [3.8, 4) is 0 Å². The maximum atomic E-state index is 12.0. The van der Waals surface area contributed by atoms with E-state index in [-0.39, 0.29) is 12.0 Å². The molecule has 160 valence electrons. The number of hydrogen-bond acceptors (Lipinski definition) is 5. The van der Waals surface area contributed by atoms with Gasteiger partial charge in [0, 0.05) is 56.0 Å². The molecule has 1 amide bonds. The fraction of sp³-hybridized carbons (Fsp3) is 0.435. The Morgan fingerprint density at radius 2 is 1.90 bits per heavy atom. The second-order valence-electron chi connectivity index (χ2n) is 7.95. The lowest BCUT2D eigenvalue weighted by molar-refractivity contribution is -0.0375. The molecule has 2 aliphatic heterocycles. The molecule has 1 atom stereocenters. The molecule has 2 aliphatic rings. The number of nitrogens with zero attached hydrogens (tertiary/aromatic N) is 3. The van der Waals surface area contributed by atoms with E-state index in [1.165, 1.54) is 12.7 Å². The molecular weight excluding hydrogens is 402 g/mol. The lowest BCUT2D eigenvalue weighted by Crippen LogP contribution is -2.46. The molecule has 0 aromatic heterocycles. The molecular formula is C23H28ClN3O3. The largest absolute Gasteiger partial charge is 0.373 e. The van der Waals surface area contributed by atoms with Crippen molar-refractivity contribution in [3.63, 3.8) is 0 Å². The van der Waals surface area contributed by atoms with Crippen molar-refractivity contribution in [1.29, 1.82) is 0 Å². The molecule has 0 unspecified atom stereocenters. The number of hydrogen-bond donors (Lipinski definition) is 1. The fourth-order valence-electron chi connectivity index (χ4n) is 4.28. The first-order chi connectivity index (χ1) is 14.5. The molecule has 2 aromatic carbocycles. The number of amides is 1. The van der Waals surface area contributed by atoms with E-state index in [0.717, 1.165) is 61.7 Å². The average Bonchev–Trinajstić information content (AvgIpc) is 2.77. The van der Waals surface area contributed by atoms with Crippen LogP contribution in [0.2, 0.25) is 5.02 Å². The highest BCUT2D eigenvalue weighted by molar-refractivity contribution is 6.30. The van der Waals surface area contributed by atoms with Gasteiger partial charge in [-0.2, -0.15) is 0 Å². The minimum atomic E-state index is -0.389. The molecule has 1 N–H and O–H groups in total. The first-order valence-electron chi connectivity index (χ1n) is 10.5. The summed E-state index contributed by atoms with van der Waals surface area (Å²) in [6.45, 7) is 5.71.